The first kappa shape index (κ1) is 14.7. The van der Waals surface area contributed by atoms with Gasteiger partial charge in [-0.1, -0.05) is 6.07 Å². The lowest BCUT2D eigenvalue weighted by Gasteiger charge is -2.07. The lowest BCUT2D eigenvalue weighted by molar-refractivity contribution is -0.117. The fourth-order valence-electron chi connectivity index (χ4n) is 2.05. The van der Waals surface area contributed by atoms with Gasteiger partial charge in [0.2, 0.25) is 5.91 Å². The SMILES string of the molecule is N#Cc1cccc(C(=O)Nc2ccc(NC(=O)C3CC3)nc2)c1. The molecular weight excluding hydrogens is 292 g/mol. The summed E-state index contributed by atoms with van der Waals surface area (Å²) in [5, 5.41) is 14.3. The number of anilines is 2. The predicted octanol–water partition coefficient (Wildman–Crippen LogP) is 2.55. The van der Waals surface area contributed by atoms with E-state index in [1.54, 1.807) is 30.3 Å². The van der Waals surface area contributed by atoms with Gasteiger partial charge in [-0.05, 0) is 43.2 Å². The molecular formula is C17H14N4O2. The number of rotatable bonds is 4. The molecule has 1 saturated carbocycles. The summed E-state index contributed by atoms with van der Waals surface area (Å²) in [4.78, 5) is 27.9. The van der Waals surface area contributed by atoms with Gasteiger partial charge in [0.15, 0.2) is 0 Å². The maximum absolute atomic E-state index is 12.1. The quantitative estimate of drug-likeness (QED) is 0.907. The maximum atomic E-state index is 12.1. The molecule has 0 aliphatic heterocycles. The minimum atomic E-state index is -0.321. The third-order valence-electron chi connectivity index (χ3n) is 3.47. The number of carbonyl (C=O) groups is 2. The molecule has 0 bridgehead atoms. The van der Waals surface area contributed by atoms with Crippen LogP contribution in [0.25, 0.3) is 0 Å². The standard InChI is InChI=1S/C17H14N4O2/c18-9-11-2-1-3-13(8-11)17(23)20-14-6-7-15(19-10-14)21-16(22)12-4-5-12/h1-3,6-8,10,12H,4-5H2,(H,20,23)(H,19,21,22). The first-order valence-corrected chi connectivity index (χ1v) is 7.24. The Morgan fingerprint density at radius 1 is 1.17 bits per heavy atom. The second-order valence-corrected chi connectivity index (χ2v) is 5.34. The highest BCUT2D eigenvalue weighted by atomic mass is 16.2. The van der Waals surface area contributed by atoms with Crippen molar-refractivity contribution in [3.8, 4) is 6.07 Å². The van der Waals surface area contributed by atoms with Crippen LogP contribution >= 0.6 is 0 Å². The number of nitriles is 1. The van der Waals surface area contributed by atoms with Crippen molar-refractivity contribution in [2.45, 2.75) is 12.8 Å². The molecule has 1 aromatic carbocycles. The summed E-state index contributed by atoms with van der Waals surface area (Å²) in [6.45, 7) is 0. The number of hydrogen-bond acceptors (Lipinski definition) is 4. The van der Waals surface area contributed by atoms with Crippen molar-refractivity contribution in [1.82, 2.24) is 4.98 Å². The van der Waals surface area contributed by atoms with Crippen molar-refractivity contribution in [2.75, 3.05) is 10.6 Å². The predicted molar refractivity (Wildman–Crippen MR) is 84.7 cm³/mol. The van der Waals surface area contributed by atoms with E-state index in [0.717, 1.165) is 12.8 Å². The molecule has 6 heteroatoms. The van der Waals surface area contributed by atoms with Gasteiger partial charge in [-0.15, -0.1) is 0 Å². The molecule has 0 saturated heterocycles. The summed E-state index contributed by atoms with van der Waals surface area (Å²) in [6, 6.07) is 11.7. The highest BCUT2D eigenvalue weighted by Gasteiger charge is 2.29. The first-order chi connectivity index (χ1) is 11.2. The Morgan fingerprint density at radius 2 is 2.00 bits per heavy atom. The van der Waals surface area contributed by atoms with Gasteiger partial charge in [-0.25, -0.2) is 4.98 Å². The molecule has 2 aromatic rings. The van der Waals surface area contributed by atoms with Crippen molar-refractivity contribution in [3.05, 3.63) is 53.7 Å². The van der Waals surface area contributed by atoms with Crippen LogP contribution in [0.3, 0.4) is 0 Å². The summed E-state index contributed by atoms with van der Waals surface area (Å²) in [5.41, 5.74) is 1.34. The van der Waals surface area contributed by atoms with E-state index < -0.39 is 0 Å². The van der Waals surface area contributed by atoms with E-state index in [4.69, 9.17) is 5.26 Å². The Bertz CT molecular complexity index is 789. The minimum Gasteiger partial charge on any atom is -0.321 e. The largest absolute Gasteiger partial charge is 0.321 e. The maximum Gasteiger partial charge on any atom is 0.255 e. The van der Waals surface area contributed by atoms with E-state index in [-0.39, 0.29) is 17.7 Å². The fraction of sp³-hybridized carbons (Fsp3) is 0.176. The van der Waals surface area contributed by atoms with Gasteiger partial charge < -0.3 is 10.6 Å². The molecule has 114 valence electrons. The van der Waals surface area contributed by atoms with Gasteiger partial charge in [0.05, 0.1) is 23.5 Å². The summed E-state index contributed by atoms with van der Waals surface area (Å²) in [5.74, 6) is 0.247. The van der Waals surface area contributed by atoms with Crippen LogP contribution in [-0.2, 0) is 4.79 Å². The highest BCUT2D eigenvalue weighted by Crippen LogP contribution is 2.29. The Hall–Kier alpha value is -3.20. The second-order valence-electron chi connectivity index (χ2n) is 5.34. The van der Waals surface area contributed by atoms with Gasteiger partial charge >= 0.3 is 0 Å². The van der Waals surface area contributed by atoms with Crippen molar-refractivity contribution >= 4 is 23.3 Å². The molecule has 6 nitrogen and oxygen atoms in total. The molecule has 0 unspecified atom stereocenters. The van der Waals surface area contributed by atoms with Crippen LogP contribution in [0, 0.1) is 17.2 Å². The highest BCUT2D eigenvalue weighted by molar-refractivity contribution is 6.04. The molecule has 0 spiro atoms. The second kappa shape index (κ2) is 6.28. The molecule has 2 N–H and O–H groups in total. The smallest absolute Gasteiger partial charge is 0.255 e. The van der Waals surface area contributed by atoms with E-state index in [0.29, 0.717) is 22.6 Å². The molecule has 0 atom stereocenters. The van der Waals surface area contributed by atoms with Gasteiger partial charge in [0, 0.05) is 11.5 Å². The lowest BCUT2D eigenvalue weighted by Crippen LogP contribution is -2.15. The van der Waals surface area contributed by atoms with Crippen LogP contribution in [0.1, 0.15) is 28.8 Å². The first-order valence-electron chi connectivity index (χ1n) is 7.24. The van der Waals surface area contributed by atoms with Crippen LogP contribution in [0.15, 0.2) is 42.6 Å². The number of nitrogens with one attached hydrogen (secondary N) is 2. The number of carbonyl (C=O) groups excluding carboxylic acids is 2. The van der Waals surface area contributed by atoms with Gasteiger partial charge in [-0.2, -0.15) is 5.26 Å². The normalized spacial score (nSPS) is 13.0. The number of hydrogen-bond donors (Lipinski definition) is 2. The minimum absolute atomic E-state index is 0.0115. The lowest BCUT2D eigenvalue weighted by atomic mass is 10.1. The van der Waals surface area contributed by atoms with Crippen molar-refractivity contribution < 1.29 is 9.59 Å². The number of nitrogens with zero attached hydrogens (tertiary/aromatic N) is 2. The molecule has 23 heavy (non-hydrogen) atoms. The zero-order chi connectivity index (χ0) is 16.2. The van der Waals surface area contributed by atoms with Crippen LogP contribution < -0.4 is 10.6 Å². The third kappa shape index (κ3) is 3.71. The van der Waals surface area contributed by atoms with E-state index >= 15 is 0 Å². The average molecular weight is 306 g/mol. The van der Waals surface area contributed by atoms with Crippen molar-refractivity contribution in [3.63, 3.8) is 0 Å². The number of amides is 2. The summed E-state index contributed by atoms with van der Waals surface area (Å²) in [6.07, 6.45) is 3.35. The Balaban J connectivity index is 1.64. The van der Waals surface area contributed by atoms with Crippen molar-refractivity contribution in [2.24, 2.45) is 5.92 Å². The van der Waals surface area contributed by atoms with Crippen LogP contribution in [0.5, 0.6) is 0 Å². The van der Waals surface area contributed by atoms with Gasteiger partial charge in [0.25, 0.3) is 5.91 Å². The Kier molecular flexibility index (Phi) is 4.02. The fourth-order valence-corrected chi connectivity index (χ4v) is 2.05. The van der Waals surface area contributed by atoms with Crippen LogP contribution in [-0.4, -0.2) is 16.8 Å². The zero-order valence-electron chi connectivity index (χ0n) is 12.2. The molecule has 3 rings (SSSR count). The number of aromatic nitrogens is 1. The van der Waals surface area contributed by atoms with Gasteiger partial charge in [0.1, 0.15) is 5.82 Å². The molecule has 1 aromatic heterocycles. The molecule has 1 aliphatic rings. The number of benzene rings is 1. The van der Waals surface area contributed by atoms with Crippen LogP contribution in [0.2, 0.25) is 0 Å². The van der Waals surface area contributed by atoms with E-state index in [1.165, 1.54) is 12.3 Å². The summed E-state index contributed by atoms with van der Waals surface area (Å²) < 4.78 is 0. The summed E-state index contributed by atoms with van der Waals surface area (Å²) >= 11 is 0. The molecule has 2 amide bonds. The van der Waals surface area contributed by atoms with Gasteiger partial charge in [-0.3, -0.25) is 9.59 Å². The molecule has 1 fully saturated rings. The Morgan fingerprint density at radius 3 is 2.65 bits per heavy atom. The van der Waals surface area contributed by atoms with E-state index in [9.17, 15) is 9.59 Å². The Labute approximate surface area is 133 Å². The third-order valence-corrected chi connectivity index (χ3v) is 3.47. The average Bonchev–Trinajstić information content (AvgIpc) is 3.41. The zero-order valence-corrected chi connectivity index (χ0v) is 12.2. The van der Waals surface area contributed by atoms with E-state index in [1.807, 2.05) is 6.07 Å². The number of pyridine rings is 1. The molecule has 1 aliphatic carbocycles. The van der Waals surface area contributed by atoms with Crippen molar-refractivity contribution in [1.29, 1.82) is 5.26 Å². The monoisotopic (exact) mass is 306 g/mol. The van der Waals surface area contributed by atoms with Crippen LogP contribution in [0.4, 0.5) is 11.5 Å². The summed E-state index contributed by atoms with van der Waals surface area (Å²) in [7, 11) is 0. The topological polar surface area (TPSA) is 94.9 Å². The molecule has 1 heterocycles. The van der Waals surface area contributed by atoms with E-state index in [2.05, 4.69) is 15.6 Å². The molecule has 0 radical (unpaired) electrons.